The Bertz CT molecular complexity index is 364. The summed E-state index contributed by atoms with van der Waals surface area (Å²) in [5.74, 6) is -0.153. The molecule has 0 unspecified atom stereocenters. The lowest BCUT2D eigenvalue weighted by Gasteiger charge is -2.21. The van der Waals surface area contributed by atoms with Crippen molar-refractivity contribution in [3.05, 3.63) is 34.9 Å². The Hall–Kier alpha value is -1.39. The first-order valence-corrected chi connectivity index (χ1v) is 5.67. The number of aliphatic hydroxyl groups is 2. The SMILES string of the molecule is Cc1cc(C)cc(C(=O)N(CCO)CCO)c1. The third-order valence-electron chi connectivity index (χ3n) is 2.50. The molecule has 0 heterocycles. The summed E-state index contributed by atoms with van der Waals surface area (Å²) in [4.78, 5) is 13.6. The van der Waals surface area contributed by atoms with Crippen molar-refractivity contribution < 1.29 is 15.0 Å². The van der Waals surface area contributed by atoms with E-state index in [1.165, 1.54) is 4.90 Å². The molecule has 17 heavy (non-hydrogen) atoms. The van der Waals surface area contributed by atoms with Crippen LogP contribution in [0, 0.1) is 13.8 Å². The van der Waals surface area contributed by atoms with Crippen molar-refractivity contribution in [1.82, 2.24) is 4.90 Å². The Kier molecular flexibility index (Phi) is 5.12. The maximum absolute atomic E-state index is 12.1. The maximum Gasteiger partial charge on any atom is 0.254 e. The number of aliphatic hydroxyl groups excluding tert-OH is 2. The number of benzene rings is 1. The number of carbonyl (C=O) groups excluding carboxylic acids is 1. The summed E-state index contributed by atoms with van der Waals surface area (Å²) in [6.07, 6.45) is 0. The van der Waals surface area contributed by atoms with Crippen molar-refractivity contribution in [3.8, 4) is 0 Å². The van der Waals surface area contributed by atoms with Gasteiger partial charge < -0.3 is 15.1 Å². The van der Waals surface area contributed by atoms with Gasteiger partial charge in [0, 0.05) is 18.7 Å². The smallest absolute Gasteiger partial charge is 0.254 e. The normalized spacial score (nSPS) is 10.4. The van der Waals surface area contributed by atoms with Gasteiger partial charge in [-0.2, -0.15) is 0 Å². The van der Waals surface area contributed by atoms with Crippen LogP contribution in [0.15, 0.2) is 18.2 Å². The van der Waals surface area contributed by atoms with Crippen LogP contribution in [-0.2, 0) is 0 Å². The number of amides is 1. The van der Waals surface area contributed by atoms with Gasteiger partial charge in [-0.3, -0.25) is 4.79 Å². The molecule has 1 rings (SSSR count). The fraction of sp³-hybridized carbons (Fsp3) is 0.462. The van der Waals surface area contributed by atoms with E-state index in [1.807, 2.05) is 32.0 Å². The minimum Gasteiger partial charge on any atom is -0.395 e. The quantitative estimate of drug-likeness (QED) is 0.793. The van der Waals surface area contributed by atoms with Gasteiger partial charge in [-0.15, -0.1) is 0 Å². The summed E-state index contributed by atoms with van der Waals surface area (Å²) < 4.78 is 0. The molecule has 1 amide bonds. The minimum absolute atomic E-state index is 0.101. The van der Waals surface area contributed by atoms with Crippen molar-refractivity contribution >= 4 is 5.91 Å². The lowest BCUT2D eigenvalue weighted by Crippen LogP contribution is -2.35. The Balaban J connectivity index is 2.92. The van der Waals surface area contributed by atoms with E-state index in [2.05, 4.69) is 0 Å². The Morgan fingerprint density at radius 3 is 1.94 bits per heavy atom. The zero-order valence-electron chi connectivity index (χ0n) is 10.3. The van der Waals surface area contributed by atoms with Crippen LogP contribution < -0.4 is 0 Å². The second-order valence-corrected chi connectivity index (χ2v) is 4.12. The molecule has 1 aromatic rings. The van der Waals surface area contributed by atoms with Crippen LogP contribution in [0.25, 0.3) is 0 Å². The first-order valence-electron chi connectivity index (χ1n) is 5.67. The van der Waals surface area contributed by atoms with Crippen molar-refractivity contribution in [1.29, 1.82) is 0 Å². The molecule has 0 fully saturated rings. The fourth-order valence-electron chi connectivity index (χ4n) is 1.84. The number of rotatable bonds is 5. The molecule has 0 saturated heterocycles. The molecule has 0 bridgehead atoms. The molecule has 1 aromatic carbocycles. The van der Waals surface area contributed by atoms with Crippen molar-refractivity contribution in [2.24, 2.45) is 0 Å². The largest absolute Gasteiger partial charge is 0.395 e. The van der Waals surface area contributed by atoms with Crippen molar-refractivity contribution in [3.63, 3.8) is 0 Å². The highest BCUT2D eigenvalue weighted by atomic mass is 16.3. The highest BCUT2D eigenvalue weighted by molar-refractivity contribution is 5.94. The third-order valence-corrected chi connectivity index (χ3v) is 2.50. The summed E-state index contributed by atoms with van der Waals surface area (Å²) >= 11 is 0. The van der Waals surface area contributed by atoms with Gasteiger partial charge in [0.1, 0.15) is 0 Å². The van der Waals surface area contributed by atoms with E-state index in [-0.39, 0.29) is 32.2 Å². The number of aryl methyl sites for hydroxylation is 2. The van der Waals surface area contributed by atoms with E-state index < -0.39 is 0 Å². The Labute approximate surface area is 101 Å². The highest BCUT2D eigenvalue weighted by Crippen LogP contribution is 2.11. The van der Waals surface area contributed by atoms with E-state index in [9.17, 15) is 4.79 Å². The van der Waals surface area contributed by atoms with Crippen LogP contribution in [0.1, 0.15) is 21.5 Å². The molecular weight excluding hydrogens is 218 g/mol. The van der Waals surface area contributed by atoms with Gasteiger partial charge in [-0.1, -0.05) is 17.2 Å². The van der Waals surface area contributed by atoms with Crippen LogP contribution in [0.2, 0.25) is 0 Å². The average molecular weight is 237 g/mol. The topological polar surface area (TPSA) is 60.8 Å². The summed E-state index contributed by atoms with van der Waals surface area (Å²) in [6.45, 7) is 4.16. The fourth-order valence-corrected chi connectivity index (χ4v) is 1.84. The zero-order chi connectivity index (χ0) is 12.8. The summed E-state index contributed by atoms with van der Waals surface area (Å²) in [5.41, 5.74) is 2.66. The Morgan fingerprint density at radius 2 is 1.53 bits per heavy atom. The number of nitrogens with zero attached hydrogens (tertiary/aromatic N) is 1. The monoisotopic (exact) mass is 237 g/mol. The molecule has 0 aromatic heterocycles. The Morgan fingerprint density at radius 1 is 1.06 bits per heavy atom. The van der Waals surface area contributed by atoms with Gasteiger partial charge in [0.25, 0.3) is 5.91 Å². The molecule has 94 valence electrons. The first kappa shape index (κ1) is 13.7. The number of carbonyl (C=O) groups is 1. The van der Waals surface area contributed by atoms with E-state index in [0.29, 0.717) is 5.56 Å². The molecule has 2 N–H and O–H groups in total. The van der Waals surface area contributed by atoms with E-state index in [1.54, 1.807) is 0 Å². The second-order valence-electron chi connectivity index (χ2n) is 4.12. The molecule has 0 atom stereocenters. The zero-order valence-corrected chi connectivity index (χ0v) is 10.3. The van der Waals surface area contributed by atoms with Gasteiger partial charge in [0.15, 0.2) is 0 Å². The van der Waals surface area contributed by atoms with E-state index >= 15 is 0 Å². The molecule has 4 nitrogen and oxygen atoms in total. The summed E-state index contributed by atoms with van der Waals surface area (Å²) in [7, 11) is 0. The number of hydrogen-bond acceptors (Lipinski definition) is 3. The minimum atomic E-state index is -0.153. The standard InChI is InChI=1S/C13H19NO3/c1-10-7-11(2)9-12(8-10)13(17)14(3-5-15)4-6-16/h7-9,15-16H,3-6H2,1-2H3. The molecular formula is C13H19NO3. The van der Waals surface area contributed by atoms with Crippen LogP contribution in [0.4, 0.5) is 0 Å². The summed E-state index contributed by atoms with van der Waals surface area (Å²) in [5, 5.41) is 17.8. The lowest BCUT2D eigenvalue weighted by molar-refractivity contribution is 0.0684. The molecule has 0 radical (unpaired) electrons. The molecule has 0 aliphatic heterocycles. The average Bonchev–Trinajstić information content (AvgIpc) is 2.26. The van der Waals surface area contributed by atoms with Crippen LogP contribution in [-0.4, -0.2) is 47.3 Å². The molecule has 0 saturated carbocycles. The van der Waals surface area contributed by atoms with Gasteiger partial charge in [-0.25, -0.2) is 0 Å². The maximum atomic E-state index is 12.1. The lowest BCUT2D eigenvalue weighted by atomic mass is 10.1. The van der Waals surface area contributed by atoms with Gasteiger partial charge in [0.2, 0.25) is 0 Å². The van der Waals surface area contributed by atoms with Crippen LogP contribution in [0.5, 0.6) is 0 Å². The second kappa shape index (κ2) is 6.37. The first-order chi connectivity index (χ1) is 8.08. The molecule has 0 aliphatic rings. The summed E-state index contributed by atoms with van der Waals surface area (Å²) in [6, 6.07) is 5.63. The van der Waals surface area contributed by atoms with Crippen LogP contribution in [0.3, 0.4) is 0 Å². The van der Waals surface area contributed by atoms with Gasteiger partial charge in [0.05, 0.1) is 13.2 Å². The number of hydrogen-bond donors (Lipinski definition) is 2. The molecule has 4 heteroatoms. The van der Waals surface area contributed by atoms with Crippen molar-refractivity contribution in [2.45, 2.75) is 13.8 Å². The van der Waals surface area contributed by atoms with Crippen LogP contribution >= 0.6 is 0 Å². The van der Waals surface area contributed by atoms with Crippen molar-refractivity contribution in [2.75, 3.05) is 26.3 Å². The highest BCUT2D eigenvalue weighted by Gasteiger charge is 2.15. The van der Waals surface area contributed by atoms with Gasteiger partial charge in [-0.05, 0) is 26.0 Å². The van der Waals surface area contributed by atoms with E-state index in [0.717, 1.165) is 11.1 Å². The molecule has 0 aliphatic carbocycles. The molecule has 0 spiro atoms. The predicted octanol–water partition coefficient (Wildman–Crippen LogP) is 0.730. The van der Waals surface area contributed by atoms with Gasteiger partial charge >= 0.3 is 0 Å². The predicted molar refractivity (Wildman–Crippen MR) is 66.0 cm³/mol. The third kappa shape index (κ3) is 3.84. The van der Waals surface area contributed by atoms with E-state index in [4.69, 9.17) is 10.2 Å².